The summed E-state index contributed by atoms with van der Waals surface area (Å²) >= 11 is 0. The van der Waals surface area contributed by atoms with Gasteiger partial charge in [-0.15, -0.1) is 6.58 Å². The molecular weight excluding hydrogens is 276 g/mol. The third kappa shape index (κ3) is 3.11. The first-order valence-electron chi connectivity index (χ1n) is 6.73. The lowest BCUT2D eigenvalue weighted by atomic mass is 9.82. The van der Waals surface area contributed by atoms with Crippen molar-refractivity contribution in [2.24, 2.45) is 0 Å². The van der Waals surface area contributed by atoms with Crippen LogP contribution in [0.25, 0.3) is 0 Å². The quantitative estimate of drug-likeness (QED) is 0.685. The van der Waals surface area contributed by atoms with Crippen molar-refractivity contribution in [2.75, 3.05) is 0 Å². The average molecular weight is 296 g/mol. The molecule has 2 rings (SSSR count). The summed E-state index contributed by atoms with van der Waals surface area (Å²) in [4.78, 5) is 0.111. The smallest absolute Gasteiger partial charge is 0.297 e. The van der Waals surface area contributed by atoms with Crippen molar-refractivity contribution < 1.29 is 17.7 Å². The monoisotopic (exact) mass is 296 g/mol. The SMILES string of the molecule is C=CC1(O)CCCCC1OS(=O)(=O)c1ccc(C)cc1. The molecule has 0 aliphatic heterocycles. The van der Waals surface area contributed by atoms with Gasteiger partial charge in [-0.1, -0.05) is 36.6 Å². The van der Waals surface area contributed by atoms with E-state index in [4.69, 9.17) is 4.18 Å². The fourth-order valence-electron chi connectivity index (χ4n) is 2.43. The first-order valence-corrected chi connectivity index (χ1v) is 8.14. The maximum Gasteiger partial charge on any atom is 0.297 e. The molecule has 1 aliphatic carbocycles. The molecule has 0 bridgehead atoms. The van der Waals surface area contributed by atoms with Crippen LogP contribution in [0.2, 0.25) is 0 Å². The highest BCUT2D eigenvalue weighted by Gasteiger charge is 2.40. The van der Waals surface area contributed by atoms with Gasteiger partial charge in [0.05, 0.1) is 4.90 Å². The second-order valence-electron chi connectivity index (χ2n) is 5.29. The first-order chi connectivity index (χ1) is 9.37. The van der Waals surface area contributed by atoms with E-state index in [-0.39, 0.29) is 4.90 Å². The highest BCUT2D eigenvalue weighted by molar-refractivity contribution is 7.86. The van der Waals surface area contributed by atoms with Gasteiger partial charge in [0.2, 0.25) is 0 Å². The second kappa shape index (κ2) is 5.68. The molecular formula is C15H20O4S. The van der Waals surface area contributed by atoms with Gasteiger partial charge < -0.3 is 5.11 Å². The molecule has 1 aromatic rings. The van der Waals surface area contributed by atoms with Crippen LogP contribution < -0.4 is 0 Å². The summed E-state index contributed by atoms with van der Waals surface area (Å²) in [6.45, 7) is 5.48. The summed E-state index contributed by atoms with van der Waals surface area (Å²) < 4.78 is 29.8. The predicted molar refractivity (Wildman–Crippen MR) is 76.9 cm³/mol. The minimum atomic E-state index is -3.87. The van der Waals surface area contributed by atoms with Gasteiger partial charge in [-0.05, 0) is 31.9 Å². The fourth-order valence-corrected chi connectivity index (χ4v) is 3.58. The molecule has 0 saturated heterocycles. The lowest BCUT2D eigenvalue weighted by molar-refractivity contribution is -0.0489. The Morgan fingerprint density at radius 2 is 2.00 bits per heavy atom. The number of aryl methyl sites for hydroxylation is 1. The summed E-state index contributed by atoms with van der Waals surface area (Å²) in [5, 5.41) is 10.4. The molecule has 20 heavy (non-hydrogen) atoms. The minimum absolute atomic E-state index is 0.111. The summed E-state index contributed by atoms with van der Waals surface area (Å²) in [7, 11) is -3.87. The molecule has 1 N–H and O–H groups in total. The van der Waals surface area contributed by atoms with Crippen LogP contribution in [0.1, 0.15) is 31.2 Å². The van der Waals surface area contributed by atoms with E-state index in [1.54, 1.807) is 12.1 Å². The third-order valence-electron chi connectivity index (χ3n) is 3.76. The van der Waals surface area contributed by atoms with E-state index < -0.39 is 21.8 Å². The molecule has 1 aromatic carbocycles. The van der Waals surface area contributed by atoms with Gasteiger partial charge in [-0.3, -0.25) is 4.18 Å². The third-order valence-corrected chi connectivity index (χ3v) is 5.09. The zero-order chi connectivity index (χ0) is 14.8. The van der Waals surface area contributed by atoms with Crippen LogP contribution in [0.15, 0.2) is 41.8 Å². The van der Waals surface area contributed by atoms with Crippen LogP contribution in [0.4, 0.5) is 0 Å². The summed E-state index contributed by atoms with van der Waals surface area (Å²) in [6.07, 6.45) is 3.29. The summed E-state index contributed by atoms with van der Waals surface area (Å²) in [6, 6.07) is 6.47. The van der Waals surface area contributed by atoms with Crippen molar-refractivity contribution in [1.29, 1.82) is 0 Å². The van der Waals surface area contributed by atoms with Gasteiger partial charge in [-0.2, -0.15) is 8.42 Å². The Morgan fingerprint density at radius 3 is 2.60 bits per heavy atom. The van der Waals surface area contributed by atoms with E-state index in [1.165, 1.54) is 18.2 Å². The molecule has 5 heteroatoms. The molecule has 4 nitrogen and oxygen atoms in total. The second-order valence-corrected chi connectivity index (χ2v) is 6.87. The topological polar surface area (TPSA) is 63.6 Å². The number of hydrogen-bond donors (Lipinski definition) is 1. The van der Waals surface area contributed by atoms with Crippen molar-refractivity contribution in [3.63, 3.8) is 0 Å². The Bertz CT molecular complexity index is 576. The van der Waals surface area contributed by atoms with Crippen LogP contribution in [0.3, 0.4) is 0 Å². The zero-order valence-corrected chi connectivity index (χ0v) is 12.4. The van der Waals surface area contributed by atoms with E-state index in [9.17, 15) is 13.5 Å². The molecule has 0 aromatic heterocycles. The van der Waals surface area contributed by atoms with Crippen LogP contribution in [0, 0.1) is 6.92 Å². The zero-order valence-electron chi connectivity index (χ0n) is 11.6. The Balaban J connectivity index is 2.23. The highest BCUT2D eigenvalue weighted by Crippen LogP contribution is 2.33. The molecule has 1 fully saturated rings. The van der Waals surface area contributed by atoms with Gasteiger partial charge in [0, 0.05) is 0 Å². The molecule has 0 amide bonds. The largest absolute Gasteiger partial charge is 0.383 e. The standard InChI is InChI=1S/C15H20O4S/c1-3-15(16)11-5-4-6-14(15)19-20(17,18)13-9-7-12(2)8-10-13/h3,7-10,14,16H,1,4-6,11H2,2H3. The van der Waals surface area contributed by atoms with Gasteiger partial charge in [0.25, 0.3) is 10.1 Å². The van der Waals surface area contributed by atoms with E-state index in [1.807, 2.05) is 6.92 Å². The molecule has 0 radical (unpaired) electrons. The van der Waals surface area contributed by atoms with Gasteiger partial charge in [-0.25, -0.2) is 0 Å². The Morgan fingerprint density at radius 1 is 1.35 bits per heavy atom. The van der Waals surface area contributed by atoms with Crippen molar-refractivity contribution >= 4 is 10.1 Å². The lowest BCUT2D eigenvalue weighted by Gasteiger charge is -2.36. The van der Waals surface area contributed by atoms with Crippen molar-refractivity contribution in [3.05, 3.63) is 42.5 Å². The normalized spacial score (nSPS) is 27.2. The van der Waals surface area contributed by atoms with Crippen LogP contribution >= 0.6 is 0 Å². The van der Waals surface area contributed by atoms with Crippen LogP contribution in [-0.4, -0.2) is 25.2 Å². The molecule has 110 valence electrons. The van der Waals surface area contributed by atoms with Crippen molar-refractivity contribution in [2.45, 2.75) is 49.2 Å². The number of hydrogen-bond acceptors (Lipinski definition) is 4. The molecule has 1 aliphatic rings. The highest BCUT2D eigenvalue weighted by atomic mass is 32.2. The Hall–Kier alpha value is -1.17. The summed E-state index contributed by atoms with van der Waals surface area (Å²) in [5.41, 5.74) is -0.292. The molecule has 0 spiro atoms. The van der Waals surface area contributed by atoms with E-state index in [0.717, 1.165) is 18.4 Å². The minimum Gasteiger partial charge on any atom is -0.383 e. The Kier molecular flexibility index (Phi) is 4.32. The molecule has 1 saturated carbocycles. The van der Waals surface area contributed by atoms with E-state index in [2.05, 4.69) is 6.58 Å². The van der Waals surface area contributed by atoms with Crippen molar-refractivity contribution in [3.8, 4) is 0 Å². The maximum absolute atomic E-state index is 12.2. The summed E-state index contributed by atoms with van der Waals surface area (Å²) in [5.74, 6) is 0. The first kappa shape index (κ1) is 15.2. The van der Waals surface area contributed by atoms with Gasteiger partial charge in [0.15, 0.2) is 0 Å². The Labute approximate surface area is 120 Å². The molecule has 0 heterocycles. The fraction of sp³-hybridized carbons (Fsp3) is 0.467. The molecule has 2 atom stereocenters. The van der Waals surface area contributed by atoms with Crippen LogP contribution in [-0.2, 0) is 14.3 Å². The lowest BCUT2D eigenvalue weighted by Crippen LogP contribution is -2.45. The number of rotatable bonds is 4. The van der Waals surface area contributed by atoms with Crippen molar-refractivity contribution in [1.82, 2.24) is 0 Å². The van der Waals surface area contributed by atoms with Crippen LogP contribution in [0.5, 0.6) is 0 Å². The van der Waals surface area contributed by atoms with Gasteiger partial charge >= 0.3 is 0 Å². The number of benzene rings is 1. The average Bonchev–Trinajstić information content (AvgIpc) is 2.42. The van der Waals surface area contributed by atoms with E-state index >= 15 is 0 Å². The maximum atomic E-state index is 12.2. The van der Waals surface area contributed by atoms with Gasteiger partial charge in [0.1, 0.15) is 11.7 Å². The predicted octanol–water partition coefficient (Wildman–Crippen LogP) is 2.56. The molecule has 2 unspecified atom stereocenters. The number of aliphatic hydroxyl groups is 1. The van der Waals surface area contributed by atoms with E-state index in [0.29, 0.717) is 12.8 Å².